The molecule has 3 rings (SSSR count). The van der Waals surface area contributed by atoms with Gasteiger partial charge in [0, 0.05) is 19.4 Å². The SMILES string of the molecule is CC(=O)OCC(CCn1cnc2cnc(N)nc21)COC(=O)C1(N)CC1. The standard InChI is InChI=1S/C16H22N6O4/c1-10(23)25-7-11(8-26-14(24)16(18)3-4-16)2-5-22-9-20-12-6-19-15(17)21-13(12)22/h6,9,11H,2-5,7-8,18H2,1H3,(H2,17,19,21). The van der Waals surface area contributed by atoms with Gasteiger partial charge >= 0.3 is 11.9 Å². The van der Waals surface area contributed by atoms with Gasteiger partial charge in [0.05, 0.1) is 25.7 Å². The molecule has 2 aromatic rings. The summed E-state index contributed by atoms with van der Waals surface area (Å²) in [6.07, 6.45) is 5.08. The molecule has 1 saturated carbocycles. The fourth-order valence-corrected chi connectivity index (χ4v) is 2.48. The lowest BCUT2D eigenvalue weighted by Crippen LogP contribution is -2.36. The molecule has 1 aliphatic carbocycles. The van der Waals surface area contributed by atoms with Gasteiger partial charge in [0.15, 0.2) is 5.65 Å². The number of fused-ring (bicyclic) bond motifs is 1. The van der Waals surface area contributed by atoms with Gasteiger partial charge in [0.2, 0.25) is 5.95 Å². The van der Waals surface area contributed by atoms with Crippen LogP contribution in [-0.4, -0.2) is 50.2 Å². The molecule has 1 unspecified atom stereocenters. The highest BCUT2D eigenvalue weighted by atomic mass is 16.5. The summed E-state index contributed by atoms with van der Waals surface area (Å²) in [5, 5.41) is 0. The van der Waals surface area contributed by atoms with Crippen molar-refractivity contribution >= 4 is 29.1 Å². The summed E-state index contributed by atoms with van der Waals surface area (Å²) in [5.41, 5.74) is 11.9. The molecular weight excluding hydrogens is 340 g/mol. The summed E-state index contributed by atoms with van der Waals surface area (Å²) in [4.78, 5) is 35.3. The highest BCUT2D eigenvalue weighted by Gasteiger charge is 2.47. The molecule has 1 fully saturated rings. The number of carbonyl (C=O) groups excluding carboxylic acids is 2. The third-order valence-electron chi connectivity index (χ3n) is 4.32. The van der Waals surface area contributed by atoms with Crippen LogP contribution in [0.25, 0.3) is 11.2 Å². The van der Waals surface area contributed by atoms with Gasteiger partial charge in [-0.05, 0) is 19.3 Å². The van der Waals surface area contributed by atoms with E-state index in [2.05, 4.69) is 15.0 Å². The monoisotopic (exact) mass is 362 g/mol. The van der Waals surface area contributed by atoms with Crippen LogP contribution in [0.1, 0.15) is 26.2 Å². The lowest BCUT2D eigenvalue weighted by Gasteiger charge is -2.18. The topological polar surface area (TPSA) is 148 Å². The smallest absolute Gasteiger partial charge is 0.326 e. The van der Waals surface area contributed by atoms with E-state index in [9.17, 15) is 9.59 Å². The Kier molecular flexibility index (Phi) is 5.03. The van der Waals surface area contributed by atoms with Gasteiger partial charge in [0.1, 0.15) is 11.1 Å². The lowest BCUT2D eigenvalue weighted by atomic mass is 10.1. The van der Waals surface area contributed by atoms with E-state index in [4.69, 9.17) is 20.9 Å². The number of aryl methyl sites for hydroxylation is 1. The number of carbonyl (C=O) groups is 2. The van der Waals surface area contributed by atoms with Gasteiger partial charge in [0.25, 0.3) is 0 Å². The van der Waals surface area contributed by atoms with Crippen molar-refractivity contribution in [3.05, 3.63) is 12.5 Å². The Morgan fingerprint density at radius 1 is 1.31 bits per heavy atom. The molecule has 0 bridgehead atoms. The Hall–Kier alpha value is -2.75. The van der Waals surface area contributed by atoms with Gasteiger partial charge in [-0.3, -0.25) is 9.59 Å². The van der Waals surface area contributed by atoms with Crippen LogP contribution < -0.4 is 11.5 Å². The summed E-state index contributed by atoms with van der Waals surface area (Å²) in [6, 6.07) is 0. The third kappa shape index (κ3) is 4.26. The van der Waals surface area contributed by atoms with Crippen molar-refractivity contribution in [2.75, 3.05) is 18.9 Å². The predicted molar refractivity (Wildman–Crippen MR) is 91.6 cm³/mol. The second-order valence-corrected chi connectivity index (χ2v) is 6.59. The van der Waals surface area contributed by atoms with Crippen molar-refractivity contribution < 1.29 is 19.1 Å². The molecule has 2 aromatic heterocycles. The maximum Gasteiger partial charge on any atom is 0.326 e. The van der Waals surface area contributed by atoms with Crippen LogP contribution in [0, 0.1) is 5.92 Å². The van der Waals surface area contributed by atoms with Crippen molar-refractivity contribution in [2.24, 2.45) is 11.7 Å². The molecule has 0 aromatic carbocycles. The summed E-state index contributed by atoms with van der Waals surface area (Å²) < 4.78 is 12.2. The summed E-state index contributed by atoms with van der Waals surface area (Å²) in [6.45, 7) is 2.17. The Bertz CT molecular complexity index is 816. The zero-order valence-corrected chi connectivity index (χ0v) is 14.6. The number of nitrogens with two attached hydrogens (primary N) is 2. The van der Waals surface area contributed by atoms with Gasteiger partial charge in [-0.1, -0.05) is 0 Å². The van der Waals surface area contributed by atoms with Crippen LogP contribution >= 0.6 is 0 Å². The minimum absolute atomic E-state index is 0.134. The van der Waals surface area contributed by atoms with Gasteiger partial charge in [-0.25, -0.2) is 9.97 Å². The van der Waals surface area contributed by atoms with E-state index >= 15 is 0 Å². The largest absolute Gasteiger partial charge is 0.465 e. The molecule has 0 amide bonds. The molecule has 26 heavy (non-hydrogen) atoms. The van der Waals surface area contributed by atoms with Crippen molar-refractivity contribution in [3.63, 3.8) is 0 Å². The average molecular weight is 362 g/mol. The van der Waals surface area contributed by atoms with E-state index in [1.54, 1.807) is 12.5 Å². The van der Waals surface area contributed by atoms with Crippen molar-refractivity contribution in [3.8, 4) is 0 Å². The first-order valence-corrected chi connectivity index (χ1v) is 8.40. The highest BCUT2D eigenvalue weighted by Crippen LogP contribution is 2.33. The number of imidazole rings is 1. The number of esters is 2. The predicted octanol–water partition coefficient (Wildman–Crippen LogP) is 0.0124. The van der Waals surface area contributed by atoms with Gasteiger partial charge in [-0.2, -0.15) is 4.98 Å². The number of aromatic nitrogens is 4. The van der Waals surface area contributed by atoms with E-state index in [-0.39, 0.29) is 31.0 Å². The molecule has 0 saturated heterocycles. The molecule has 1 aliphatic rings. The molecule has 140 valence electrons. The van der Waals surface area contributed by atoms with Crippen molar-refractivity contribution in [1.82, 2.24) is 19.5 Å². The maximum atomic E-state index is 11.9. The fraction of sp³-hybridized carbons (Fsp3) is 0.562. The number of ether oxygens (including phenoxy) is 2. The quantitative estimate of drug-likeness (QED) is 0.619. The number of hydrogen-bond acceptors (Lipinski definition) is 9. The van der Waals surface area contributed by atoms with Crippen LogP contribution in [0.5, 0.6) is 0 Å². The number of nitrogen functional groups attached to an aromatic ring is 1. The average Bonchev–Trinajstić information content (AvgIpc) is 3.23. The van der Waals surface area contributed by atoms with E-state index < -0.39 is 11.5 Å². The van der Waals surface area contributed by atoms with Crippen LogP contribution in [0.3, 0.4) is 0 Å². The van der Waals surface area contributed by atoms with Crippen molar-refractivity contribution in [2.45, 2.75) is 38.3 Å². The Morgan fingerprint density at radius 2 is 2.04 bits per heavy atom. The maximum absolute atomic E-state index is 11.9. The first kappa shape index (κ1) is 18.1. The van der Waals surface area contributed by atoms with Crippen LogP contribution in [0.2, 0.25) is 0 Å². The summed E-state index contributed by atoms with van der Waals surface area (Å²) in [7, 11) is 0. The first-order chi connectivity index (χ1) is 12.4. The minimum atomic E-state index is -0.832. The molecule has 0 spiro atoms. The summed E-state index contributed by atoms with van der Waals surface area (Å²) in [5.74, 6) is -0.782. The molecule has 0 radical (unpaired) electrons. The highest BCUT2D eigenvalue weighted by molar-refractivity contribution is 5.83. The fourth-order valence-electron chi connectivity index (χ4n) is 2.48. The third-order valence-corrected chi connectivity index (χ3v) is 4.32. The van der Waals surface area contributed by atoms with Gasteiger partial charge in [-0.15, -0.1) is 0 Å². The first-order valence-electron chi connectivity index (χ1n) is 8.40. The number of hydrogen-bond donors (Lipinski definition) is 2. The van der Waals surface area contributed by atoms with Crippen LogP contribution in [0.15, 0.2) is 12.5 Å². The molecule has 10 nitrogen and oxygen atoms in total. The molecule has 0 aliphatic heterocycles. The lowest BCUT2D eigenvalue weighted by molar-refractivity contribution is -0.150. The van der Waals surface area contributed by atoms with E-state index in [0.717, 1.165) is 0 Å². The Morgan fingerprint density at radius 3 is 2.73 bits per heavy atom. The molecule has 4 N–H and O–H groups in total. The second kappa shape index (κ2) is 7.24. The molecule has 10 heteroatoms. The zero-order chi connectivity index (χ0) is 18.7. The van der Waals surface area contributed by atoms with Crippen molar-refractivity contribution in [1.29, 1.82) is 0 Å². The molecule has 2 heterocycles. The summed E-state index contributed by atoms with van der Waals surface area (Å²) >= 11 is 0. The van der Waals surface area contributed by atoms with Gasteiger partial charge < -0.3 is 25.5 Å². The van der Waals surface area contributed by atoms with Crippen LogP contribution in [0.4, 0.5) is 5.95 Å². The Labute approximate surface area is 149 Å². The normalized spacial score (nSPS) is 16.2. The minimum Gasteiger partial charge on any atom is -0.465 e. The van der Waals surface area contributed by atoms with E-state index in [0.29, 0.717) is 37.0 Å². The van der Waals surface area contributed by atoms with E-state index in [1.807, 2.05) is 4.57 Å². The number of rotatable bonds is 8. The number of anilines is 1. The molecule has 1 atom stereocenters. The molecular formula is C16H22N6O4. The zero-order valence-electron chi connectivity index (χ0n) is 14.6. The Balaban J connectivity index is 1.61. The van der Waals surface area contributed by atoms with E-state index in [1.165, 1.54) is 6.92 Å². The second-order valence-electron chi connectivity index (χ2n) is 6.59. The number of nitrogens with zero attached hydrogens (tertiary/aromatic N) is 4. The van der Waals surface area contributed by atoms with Crippen LogP contribution in [-0.2, 0) is 25.6 Å².